The van der Waals surface area contributed by atoms with Crippen molar-refractivity contribution in [2.75, 3.05) is 14.1 Å². The number of primary amides is 1. The molecule has 10 heteroatoms. The zero-order chi connectivity index (χ0) is 27.4. The van der Waals surface area contributed by atoms with Crippen LogP contribution in [0.15, 0.2) is 12.1 Å². The van der Waals surface area contributed by atoms with Gasteiger partial charge in [-0.1, -0.05) is 19.8 Å². The maximum absolute atomic E-state index is 13.8. The van der Waals surface area contributed by atoms with Gasteiger partial charge < -0.3 is 15.9 Å². The molecule has 2 saturated carbocycles. The Morgan fingerprint density at radius 1 is 1.11 bits per heavy atom. The minimum absolute atomic E-state index is 0.0526. The summed E-state index contributed by atoms with van der Waals surface area (Å²) in [5, 5.41) is 22.1. The monoisotopic (exact) mass is 512 g/mol. The molecule has 1 aromatic carbocycles. The summed E-state index contributed by atoms with van der Waals surface area (Å²) in [5.41, 5.74) is 3.04. The molecule has 2 fully saturated rings. The molecule has 1 amide bonds. The molecule has 0 radical (unpaired) electrons. The standard InChI is InChI=1S/C27H32N2O8/c1-4-5-6-7-16(30)13-8-9-17(31)19-14(13)10-12-11-15-21(29(2)3)23(33)20(26(28)36)25(35)27(15,37)24(34)18(12)22(19)32/h8-9,12,15,18,20-21,31,37H,4-7,10-11H2,1-3H3,(H2,28,36)/t12-,15-,18?,20?,21-,27-/m1/s1. The van der Waals surface area contributed by atoms with Crippen LogP contribution >= 0.6 is 0 Å². The molecule has 10 nitrogen and oxygen atoms in total. The molecule has 0 heterocycles. The van der Waals surface area contributed by atoms with Crippen LogP contribution in [0.4, 0.5) is 0 Å². The first-order valence-electron chi connectivity index (χ1n) is 12.6. The first-order valence-corrected chi connectivity index (χ1v) is 12.6. The molecular weight excluding hydrogens is 480 g/mol. The number of unbranched alkanes of at least 4 members (excludes halogenated alkanes) is 2. The number of hydrogen-bond donors (Lipinski definition) is 3. The van der Waals surface area contributed by atoms with Gasteiger partial charge in [0.2, 0.25) is 5.91 Å². The van der Waals surface area contributed by atoms with Gasteiger partial charge in [-0.25, -0.2) is 0 Å². The number of rotatable bonds is 7. The second-order valence-electron chi connectivity index (χ2n) is 10.7. The van der Waals surface area contributed by atoms with Gasteiger partial charge in [0, 0.05) is 17.9 Å². The normalized spacial score (nSPS) is 31.1. The molecule has 4 N–H and O–H groups in total. The topological polar surface area (TPSA) is 172 Å². The number of benzene rings is 1. The number of carbonyl (C=O) groups is 6. The fourth-order valence-electron chi connectivity index (χ4n) is 6.54. The van der Waals surface area contributed by atoms with Crippen molar-refractivity contribution in [1.29, 1.82) is 0 Å². The maximum atomic E-state index is 13.8. The zero-order valence-electron chi connectivity index (χ0n) is 21.2. The molecule has 0 aromatic heterocycles. The number of aliphatic hydroxyl groups is 1. The lowest BCUT2D eigenvalue weighted by Crippen LogP contribution is -2.74. The zero-order valence-corrected chi connectivity index (χ0v) is 21.2. The van der Waals surface area contributed by atoms with Crippen LogP contribution in [0.3, 0.4) is 0 Å². The maximum Gasteiger partial charge on any atom is 0.235 e. The smallest absolute Gasteiger partial charge is 0.235 e. The molecule has 198 valence electrons. The van der Waals surface area contributed by atoms with Crippen molar-refractivity contribution in [3.63, 3.8) is 0 Å². The number of fused-ring (bicyclic) bond motifs is 3. The lowest BCUT2D eigenvalue weighted by atomic mass is 9.52. The number of carbonyl (C=O) groups excluding carboxylic acids is 6. The van der Waals surface area contributed by atoms with Crippen LogP contribution in [0.1, 0.15) is 65.3 Å². The highest BCUT2D eigenvalue weighted by Crippen LogP contribution is 2.51. The third-order valence-electron chi connectivity index (χ3n) is 8.25. The van der Waals surface area contributed by atoms with Crippen LogP contribution in [0.2, 0.25) is 0 Å². The lowest BCUT2D eigenvalue weighted by Gasteiger charge is -2.52. The molecule has 3 aliphatic rings. The summed E-state index contributed by atoms with van der Waals surface area (Å²) < 4.78 is 0. The van der Waals surface area contributed by atoms with E-state index in [1.807, 2.05) is 6.92 Å². The summed E-state index contributed by atoms with van der Waals surface area (Å²) >= 11 is 0. The second-order valence-corrected chi connectivity index (χ2v) is 10.7. The van der Waals surface area contributed by atoms with E-state index < -0.39 is 70.1 Å². The molecule has 1 aromatic rings. The predicted octanol–water partition coefficient (Wildman–Crippen LogP) is 0.630. The van der Waals surface area contributed by atoms with Gasteiger partial charge in [0.15, 0.2) is 40.4 Å². The van der Waals surface area contributed by atoms with E-state index in [1.54, 1.807) is 0 Å². The number of amides is 1. The number of nitrogens with two attached hydrogens (primary N) is 1. The van der Waals surface area contributed by atoms with Crippen LogP contribution in [-0.4, -0.2) is 75.7 Å². The Labute approximate surface area is 214 Å². The van der Waals surface area contributed by atoms with Crippen molar-refractivity contribution >= 4 is 34.8 Å². The fraction of sp³-hybridized carbons (Fsp3) is 0.556. The highest BCUT2D eigenvalue weighted by molar-refractivity contribution is 6.32. The number of hydrogen-bond acceptors (Lipinski definition) is 9. The minimum atomic E-state index is -2.76. The second kappa shape index (κ2) is 9.57. The number of phenolic OH excluding ortho intramolecular Hbond substituents is 1. The molecular formula is C27H32N2O8. The van der Waals surface area contributed by atoms with Gasteiger partial charge >= 0.3 is 0 Å². The molecule has 6 atom stereocenters. The third-order valence-corrected chi connectivity index (χ3v) is 8.25. The van der Waals surface area contributed by atoms with E-state index in [9.17, 15) is 39.0 Å². The Morgan fingerprint density at radius 3 is 2.38 bits per heavy atom. The van der Waals surface area contributed by atoms with Gasteiger partial charge in [0.05, 0.1) is 17.5 Å². The molecule has 3 aliphatic carbocycles. The SMILES string of the molecule is CCCCCC(=O)c1ccc(O)c2c1C[C@@H]1C[C@@H]3[C@@H](N(C)C)C(=O)C(C(N)=O)C(=O)[C@]3(O)C(=O)C1C2=O. The summed E-state index contributed by atoms with van der Waals surface area (Å²) in [6.07, 6.45) is 2.77. The van der Waals surface area contributed by atoms with Crippen LogP contribution < -0.4 is 5.73 Å². The summed E-state index contributed by atoms with van der Waals surface area (Å²) in [5.74, 6) is -11.2. The Balaban J connectivity index is 1.81. The molecule has 4 rings (SSSR count). The van der Waals surface area contributed by atoms with Crippen molar-refractivity contribution < 1.29 is 39.0 Å². The summed E-state index contributed by atoms with van der Waals surface area (Å²) in [7, 11) is 3.06. The van der Waals surface area contributed by atoms with E-state index >= 15 is 0 Å². The largest absolute Gasteiger partial charge is 0.507 e. The van der Waals surface area contributed by atoms with Crippen LogP contribution in [0.25, 0.3) is 0 Å². The van der Waals surface area contributed by atoms with Crippen molar-refractivity contribution in [3.05, 3.63) is 28.8 Å². The van der Waals surface area contributed by atoms with Crippen molar-refractivity contribution in [2.24, 2.45) is 29.4 Å². The summed E-state index contributed by atoms with van der Waals surface area (Å²) in [6, 6.07) is 1.55. The van der Waals surface area contributed by atoms with Gasteiger partial charge in [-0.3, -0.25) is 33.7 Å². The predicted molar refractivity (Wildman–Crippen MR) is 130 cm³/mol. The van der Waals surface area contributed by atoms with Crippen LogP contribution in [0.5, 0.6) is 5.75 Å². The van der Waals surface area contributed by atoms with E-state index in [2.05, 4.69) is 0 Å². The van der Waals surface area contributed by atoms with Crippen molar-refractivity contribution in [1.82, 2.24) is 4.90 Å². The first kappa shape index (κ1) is 26.8. The number of Topliss-reactive ketones (excluding diaryl/α,β-unsaturated/α-hetero) is 5. The van der Waals surface area contributed by atoms with Gasteiger partial charge in [0.25, 0.3) is 0 Å². The lowest BCUT2D eigenvalue weighted by molar-refractivity contribution is -0.181. The van der Waals surface area contributed by atoms with E-state index in [0.29, 0.717) is 17.5 Å². The van der Waals surface area contributed by atoms with E-state index in [1.165, 1.54) is 31.1 Å². The average Bonchev–Trinajstić information content (AvgIpc) is 2.81. The number of likely N-dealkylation sites (N-methyl/N-ethyl adjacent to an activating group) is 1. The summed E-state index contributed by atoms with van der Waals surface area (Å²) in [6.45, 7) is 2.01. The molecule has 2 unspecified atom stereocenters. The van der Waals surface area contributed by atoms with Gasteiger partial charge in [-0.2, -0.15) is 0 Å². The molecule has 0 saturated heterocycles. The number of phenols is 1. The van der Waals surface area contributed by atoms with E-state index in [4.69, 9.17) is 5.73 Å². The van der Waals surface area contributed by atoms with Crippen molar-refractivity contribution in [2.45, 2.75) is 57.1 Å². The van der Waals surface area contributed by atoms with E-state index in [-0.39, 0.29) is 30.6 Å². The quantitative estimate of drug-likeness (QED) is 0.269. The average molecular weight is 513 g/mol. The fourth-order valence-corrected chi connectivity index (χ4v) is 6.54. The summed E-state index contributed by atoms with van der Waals surface area (Å²) in [4.78, 5) is 80.3. The van der Waals surface area contributed by atoms with E-state index in [0.717, 1.165) is 12.8 Å². The number of ketones is 5. The molecule has 37 heavy (non-hydrogen) atoms. The highest BCUT2D eigenvalue weighted by Gasteiger charge is 2.69. The molecule has 0 bridgehead atoms. The van der Waals surface area contributed by atoms with Crippen LogP contribution in [-0.2, 0) is 25.6 Å². The number of nitrogens with zero attached hydrogens (tertiary/aromatic N) is 1. The minimum Gasteiger partial charge on any atom is -0.507 e. The van der Waals surface area contributed by atoms with Gasteiger partial charge in [-0.15, -0.1) is 0 Å². The third kappa shape index (κ3) is 3.93. The number of aromatic hydroxyl groups is 1. The Morgan fingerprint density at radius 2 is 1.78 bits per heavy atom. The van der Waals surface area contributed by atoms with Crippen LogP contribution in [0, 0.1) is 23.7 Å². The Kier molecular flexibility index (Phi) is 6.94. The van der Waals surface area contributed by atoms with Crippen molar-refractivity contribution in [3.8, 4) is 5.75 Å². The van der Waals surface area contributed by atoms with Gasteiger partial charge in [-0.05, 0) is 57.0 Å². The Hall–Kier alpha value is -3.24. The van der Waals surface area contributed by atoms with Gasteiger partial charge in [0.1, 0.15) is 5.75 Å². The first-order chi connectivity index (χ1) is 17.4. The molecule has 0 aliphatic heterocycles. The Bertz CT molecular complexity index is 1220. The molecule has 0 spiro atoms. The highest BCUT2D eigenvalue weighted by atomic mass is 16.3.